The molecule has 0 aromatic carbocycles. The van der Waals surface area contributed by atoms with Crippen molar-refractivity contribution in [2.24, 2.45) is 13.0 Å². The zero-order chi connectivity index (χ0) is 16.4. The number of hydrogen-bond acceptors (Lipinski definition) is 4. The summed E-state index contributed by atoms with van der Waals surface area (Å²) in [5, 5.41) is 4.54. The van der Waals surface area contributed by atoms with Crippen LogP contribution in [-0.4, -0.2) is 46.5 Å². The molecule has 3 rings (SSSR count). The molecule has 0 bridgehead atoms. The number of methoxy groups -OCH3 is 1. The third kappa shape index (κ3) is 3.31. The lowest BCUT2D eigenvalue weighted by atomic mass is 9.93. The van der Waals surface area contributed by atoms with Crippen molar-refractivity contribution in [1.29, 1.82) is 0 Å². The van der Waals surface area contributed by atoms with Crippen LogP contribution in [0.4, 0.5) is 0 Å². The molecule has 0 aliphatic carbocycles. The molecule has 1 aliphatic heterocycles. The van der Waals surface area contributed by atoms with Crippen LogP contribution >= 0.6 is 0 Å². The highest BCUT2D eigenvalue weighted by atomic mass is 16.5. The van der Waals surface area contributed by atoms with Gasteiger partial charge in [0.05, 0.1) is 12.3 Å². The minimum absolute atomic E-state index is 0.438. The Kier molecular flexibility index (Phi) is 4.78. The van der Waals surface area contributed by atoms with Crippen LogP contribution in [0, 0.1) is 19.8 Å². The zero-order valence-corrected chi connectivity index (χ0v) is 14.5. The van der Waals surface area contributed by atoms with Gasteiger partial charge in [-0.3, -0.25) is 14.6 Å². The van der Waals surface area contributed by atoms with Gasteiger partial charge in [-0.25, -0.2) is 0 Å². The van der Waals surface area contributed by atoms with Crippen molar-refractivity contribution in [2.75, 3.05) is 26.8 Å². The summed E-state index contributed by atoms with van der Waals surface area (Å²) < 4.78 is 7.43. The normalized spacial score (nSPS) is 21.9. The van der Waals surface area contributed by atoms with E-state index >= 15 is 0 Å². The minimum atomic E-state index is 0.438. The number of pyridine rings is 1. The average Bonchev–Trinajstić information content (AvgIpc) is 3.05. The molecule has 0 N–H and O–H groups in total. The SMILES string of the molecule is COC[C@@H]1CN(Cc2c(C)nn(C)c2C)C[C@H]1c1ccccn1. The molecule has 1 saturated heterocycles. The highest BCUT2D eigenvalue weighted by Gasteiger charge is 2.35. The molecule has 0 spiro atoms. The second kappa shape index (κ2) is 6.81. The van der Waals surface area contributed by atoms with Crippen molar-refractivity contribution < 1.29 is 4.74 Å². The van der Waals surface area contributed by atoms with Gasteiger partial charge in [-0.05, 0) is 26.0 Å². The molecule has 0 saturated carbocycles. The molecule has 5 nitrogen and oxygen atoms in total. The predicted molar refractivity (Wildman–Crippen MR) is 90.3 cm³/mol. The number of hydrogen-bond donors (Lipinski definition) is 0. The molecular weight excluding hydrogens is 288 g/mol. The second-order valence-electron chi connectivity index (χ2n) is 6.54. The van der Waals surface area contributed by atoms with E-state index in [1.54, 1.807) is 7.11 Å². The average molecular weight is 314 g/mol. The minimum Gasteiger partial charge on any atom is -0.384 e. The summed E-state index contributed by atoms with van der Waals surface area (Å²) in [6.07, 6.45) is 1.89. The Morgan fingerprint density at radius 2 is 2.09 bits per heavy atom. The lowest BCUT2D eigenvalue weighted by Gasteiger charge is -2.16. The van der Waals surface area contributed by atoms with E-state index < -0.39 is 0 Å². The van der Waals surface area contributed by atoms with Crippen LogP contribution < -0.4 is 0 Å². The Hall–Kier alpha value is -1.72. The summed E-state index contributed by atoms with van der Waals surface area (Å²) in [6, 6.07) is 6.19. The molecule has 2 atom stereocenters. The number of aryl methyl sites for hydroxylation is 2. The molecule has 2 aromatic rings. The first-order valence-corrected chi connectivity index (χ1v) is 8.21. The van der Waals surface area contributed by atoms with Crippen LogP contribution in [0.3, 0.4) is 0 Å². The lowest BCUT2D eigenvalue weighted by molar-refractivity contribution is 0.147. The molecular formula is C18H26N4O. The Morgan fingerprint density at radius 1 is 1.26 bits per heavy atom. The maximum atomic E-state index is 5.46. The summed E-state index contributed by atoms with van der Waals surface area (Å²) in [5.74, 6) is 0.931. The highest BCUT2D eigenvalue weighted by Crippen LogP contribution is 2.33. The number of rotatable bonds is 5. The summed E-state index contributed by atoms with van der Waals surface area (Å²) >= 11 is 0. The van der Waals surface area contributed by atoms with E-state index in [-0.39, 0.29) is 0 Å². The largest absolute Gasteiger partial charge is 0.384 e. The molecule has 1 aliphatic rings. The van der Waals surface area contributed by atoms with E-state index in [4.69, 9.17) is 4.74 Å². The highest BCUT2D eigenvalue weighted by molar-refractivity contribution is 5.25. The maximum Gasteiger partial charge on any atom is 0.0641 e. The first-order chi connectivity index (χ1) is 11.1. The third-order valence-electron chi connectivity index (χ3n) is 5.01. The van der Waals surface area contributed by atoms with Gasteiger partial charge in [0.15, 0.2) is 0 Å². The number of aromatic nitrogens is 3. The molecule has 0 amide bonds. The summed E-state index contributed by atoms with van der Waals surface area (Å²) in [7, 11) is 3.80. The van der Waals surface area contributed by atoms with Gasteiger partial charge in [0, 0.05) is 68.8 Å². The fraction of sp³-hybridized carbons (Fsp3) is 0.556. The predicted octanol–water partition coefficient (Wildman–Crippen LogP) is 2.29. The lowest BCUT2D eigenvalue weighted by Crippen LogP contribution is -2.22. The Balaban J connectivity index is 1.77. The van der Waals surface area contributed by atoms with Crippen molar-refractivity contribution >= 4 is 0 Å². The van der Waals surface area contributed by atoms with Gasteiger partial charge in [0.2, 0.25) is 0 Å². The fourth-order valence-electron chi connectivity index (χ4n) is 3.67. The van der Waals surface area contributed by atoms with Crippen molar-refractivity contribution in [3.8, 4) is 0 Å². The van der Waals surface area contributed by atoms with Gasteiger partial charge in [-0.2, -0.15) is 5.10 Å². The number of ether oxygens (including phenoxy) is 1. The van der Waals surface area contributed by atoms with Crippen molar-refractivity contribution in [3.05, 3.63) is 47.0 Å². The van der Waals surface area contributed by atoms with Crippen LogP contribution in [0.5, 0.6) is 0 Å². The van der Waals surface area contributed by atoms with Crippen LogP contribution in [0.1, 0.15) is 28.6 Å². The molecule has 1 fully saturated rings. The van der Waals surface area contributed by atoms with E-state index in [2.05, 4.69) is 41.0 Å². The van der Waals surface area contributed by atoms with E-state index in [1.807, 2.05) is 24.0 Å². The summed E-state index contributed by atoms with van der Waals surface area (Å²) in [6.45, 7) is 8.05. The van der Waals surface area contributed by atoms with E-state index in [0.717, 1.165) is 31.9 Å². The molecule has 23 heavy (non-hydrogen) atoms. The quantitative estimate of drug-likeness (QED) is 0.849. The molecule has 0 radical (unpaired) electrons. The van der Waals surface area contributed by atoms with Crippen LogP contribution in [0.25, 0.3) is 0 Å². The summed E-state index contributed by atoms with van der Waals surface area (Å²) in [5.41, 5.74) is 4.92. The van der Waals surface area contributed by atoms with Gasteiger partial charge in [0.1, 0.15) is 0 Å². The topological polar surface area (TPSA) is 43.2 Å². The number of likely N-dealkylation sites (tertiary alicyclic amines) is 1. The monoisotopic (exact) mass is 314 g/mol. The second-order valence-corrected chi connectivity index (χ2v) is 6.54. The Bertz CT molecular complexity index is 653. The van der Waals surface area contributed by atoms with Gasteiger partial charge in [-0.15, -0.1) is 0 Å². The standard InChI is InChI=1S/C18H26N4O/c1-13-16(14(2)21(3)20-13)10-22-9-15(12-23-4)17(11-22)18-7-5-6-8-19-18/h5-8,15,17H,9-12H2,1-4H3/t15-,17+/m0/s1. The van der Waals surface area contributed by atoms with Crippen molar-refractivity contribution in [1.82, 2.24) is 19.7 Å². The van der Waals surface area contributed by atoms with E-state index in [1.165, 1.54) is 17.0 Å². The third-order valence-corrected chi connectivity index (χ3v) is 5.01. The fourth-order valence-corrected chi connectivity index (χ4v) is 3.67. The van der Waals surface area contributed by atoms with Gasteiger partial charge < -0.3 is 4.74 Å². The van der Waals surface area contributed by atoms with Crippen molar-refractivity contribution in [2.45, 2.75) is 26.3 Å². The molecule has 0 unspecified atom stereocenters. The molecule has 3 heterocycles. The molecule has 5 heteroatoms. The first kappa shape index (κ1) is 16.1. The molecule has 2 aromatic heterocycles. The zero-order valence-electron chi connectivity index (χ0n) is 14.5. The Labute approximate surface area is 138 Å². The van der Waals surface area contributed by atoms with Crippen LogP contribution in [0.15, 0.2) is 24.4 Å². The van der Waals surface area contributed by atoms with Gasteiger partial charge in [0.25, 0.3) is 0 Å². The van der Waals surface area contributed by atoms with E-state index in [0.29, 0.717) is 11.8 Å². The van der Waals surface area contributed by atoms with Crippen molar-refractivity contribution in [3.63, 3.8) is 0 Å². The number of nitrogens with zero attached hydrogens (tertiary/aromatic N) is 4. The van der Waals surface area contributed by atoms with Crippen LogP contribution in [0.2, 0.25) is 0 Å². The maximum absolute atomic E-state index is 5.46. The van der Waals surface area contributed by atoms with Crippen LogP contribution in [-0.2, 0) is 18.3 Å². The summed E-state index contributed by atoms with van der Waals surface area (Å²) in [4.78, 5) is 7.09. The van der Waals surface area contributed by atoms with Gasteiger partial charge >= 0.3 is 0 Å². The Morgan fingerprint density at radius 3 is 2.70 bits per heavy atom. The first-order valence-electron chi connectivity index (χ1n) is 8.21. The smallest absolute Gasteiger partial charge is 0.0641 e. The molecule has 124 valence electrons. The van der Waals surface area contributed by atoms with E-state index in [9.17, 15) is 0 Å². The van der Waals surface area contributed by atoms with Gasteiger partial charge in [-0.1, -0.05) is 6.07 Å².